The number of primary amides is 1. The van der Waals surface area contributed by atoms with E-state index in [1.165, 1.54) is 0 Å². The fourth-order valence-corrected chi connectivity index (χ4v) is 2.44. The van der Waals surface area contributed by atoms with Gasteiger partial charge in [-0.2, -0.15) is 0 Å². The van der Waals surface area contributed by atoms with E-state index >= 15 is 0 Å². The number of carbonyl (C=O) groups is 2. The highest BCUT2D eigenvalue weighted by atomic mass is 19.1. The molecule has 3 N–H and O–H groups in total. The van der Waals surface area contributed by atoms with Gasteiger partial charge in [0.15, 0.2) is 0 Å². The minimum absolute atomic E-state index is 0.184. The van der Waals surface area contributed by atoms with Crippen LogP contribution in [-0.2, 0) is 22.4 Å². The molecule has 0 spiro atoms. The molecule has 2 aromatic carbocycles. The maximum absolute atomic E-state index is 13.1. The van der Waals surface area contributed by atoms with Crippen LogP contribution >= 0.6 is 0 Å². The number of aryl methyl sites for hydroxylation is 1. The molecule has 1 atom stereocenters. The Bertz CT molecular complexity index is 742. The molecule has 0 saturated carbocycles. The summed E-state index contributed by atoms with van der Waals surface area (Å²) in [7, 11) is 0. The van der Waals surface area contributed by atoms with Gasteiger partial charge in [-0.3, -0.25) is 9.59 Å². The zero-order valence-electron chi connectivity index (χ0n) is 13.2. The van der Waals surface area contributed by atoms with Crippen LogP contribution in [0.25, 0.3) is 0 Å². The summed E-state index contributed by atoms with van der Waals surface area (Å²) in [6, 6.07) is 9.47. The van der Waals surface area contributed by atoms with Crippen LogP contribution in [0.15, 0.2) is 42.5 Å². The van der Waals surface area contributed by atoms with Gasteiger partial charge in [-0.25, -0.2) is 8.78 Å². The summed E-state index contributed by atoms with van der Waals surface area (Å²) in [5, 5.41) is 2.51. The Morgan fingerprint density at radius 2 is 1.75 bits per heavy atom. The van der Waals surface area contributed by atoms with Gasteiger partial charge in [0, 0.05) is 12.5 Å². The van der Waals surface area contributed by atoms with Gasteiger partial charge >= 0.3 is 0 Å². The van der Waals surface area contributed by atoms with Crippen LogP contribution in [0.3, 0.4) is 0 Å². The average molecular weight is 332 g/mol. The summed E-state index contributed by atoms with van der Waals surface area (Å²) < 4.78 is 26.3. The predicted octanol–water partition coefficient (Wildman–Crippen LogP) is 2.03. The second kappa shape index (κ2) is 7.68. The Morgan fingerprint density at radius 1 is 1.08 bits per heavy atom. The van der Waals surface area contributed by atoms with Crippen LogP contribution < -0.4 is 11.1 Å². The lowest BCUT2D eigenvalue weighted by Gasteiger charge is -2.16. The molecule has 0 fully saturated rings. The summed E-state index contributed by atoms with van der Waals surface area (Å²) in [6.07, 6.45) is 0.00649. The number of nitrogens with two attached hydrogens (primary N) is 1. The fraction of sp³-hybridized carbons (Fsp3) is 0.222. The van der Waals surface area contributed by atoms with E-state index in [9.17, 15) is 18.4 Å². The molecule has 0 bridgehead atoms. The third-order valence-corrected chi connectivity index (χ3v) is 3.49. The number of carbonyl (C=O) groups excluding carboxylic acids is 2. The average Bonchev–Trinajstić information content (AvgIpc) is 2.45. The van der Waals surface area contributed by atoms with Crippen molar-refractivity contribution in [2.24, 2.45) is 5.73 Å². The van der Waals surface area contributed by atoms with Gasteiger partial charge in [0.2, 0.25) is 11.8 Å². The first-order chi connectivity index (χ1) is 11.3. The van der Waals surface area contributed by atoms with Crippen molar-refractivity contribution in [3.05, 3.63) is 70.8 Å². The van der Waals surface area contributed by atoms with Crippen molar-refractivity contribution in [2.75, 3.05) is 0 Å². The Kier molecular flexibility index (Phi) is 5.63. The van der Waals surface area contributed by atoms with E-state index < -0.39 is 29.5 Å². The molecule has 0 heterocycles. The molecule has 0 aromatic heterocycles. The smallest absolute Gasteiger partial charge is 0.240 e. The van der Waals surface area contributed by atoms with Crippen molar-refractivity contribution in [1.29, 1.82) is 0 Å². The van der Waals surface area contributed by atoms with E-state index in [1.54, 1.807) is 0 Å². The van der Waals surface area contributed by atoms with Gasteiger partial charge in [-0.05, 0) is 30.2 Å². The Morgan fingerprint density at radius 3 is 2.33 bits per heavy atom. The quantitative estimate of drug-likeness (QED) is 0.849. The Labute approximate surface area is 138 Å². The molecule has 2 rings (SSSR count). The molecular weight excluding hydrogens is 314 g/mol. The number of nitrogens with one attached hydrogen (secondary N) is 1. The zero-order valence-corrected chi connectivity index (χ0v) is 13.2. The van der Waals surface area contributed by atoms with Crippen molar-refractivity contribution < 1.29 is 18.4 Å². The number of halogens is 2. The molecule has 0 saturated heterocycles. The molecule has 4 nitrogen and oxygen atoms in total. The largest absolute Gasteiger partial charge is 0.368 e. The summed E-state index contributed by atoms with van der Waals surface area (Å²) >= 11 is 0. The van der Waals surface area contributed by atoms with Crippen molar-refractivity contribution in [3.8, 4) is 0 Å². The fourth-order valence-electron chi connectivity index (χ4n) is 2.44. The summed E-state index contributed by atoms with van der Waals surface area (Å²) in [5.74, 6) is -2.72. The standard InChI is InChI=1S/C18H18F2N2O2/c1-11-3-2-4-12(5-11)8-16(18(21)24)22-17(23)9-13-6-14(19)10-15(20)7-13/h2-7,10,16H,8-9H2,1H3,(H2,21,24)(H,22,23)/t16-/m1/s1. The lowest BCUT2D eigenvalue weighted by atomic mass is 10.0. The highest BCUT2D eigenvalue weighted by Crippen LogP contribution is 2.10. The third-order valence-electron chi connectivity index (χ3n) is 3.49. The molecule has 24 heavy (non-hydrogen) atoms. The van der Waals surface area contributed by atoms with Crippen LogP contribution in [0.4, 0.5) is 8.78 Å². The molecule has 0 aliphatic heterocycles. The predicted molar refractivity (Wildman–Crippen MR) is 86.1 cm³/mol. The van der Waals surface area contributed by atoms with Crippen LogP contribution in [0.2, 0.25) is 0 Å². The molecular formula is C18H18F2N2O2. The minimum atomic E-state index is -0.891. The first kappa shape index (κ1) is 17.6. The van der Waals surface area contributed by atoms with Crippen molar-refractivity contribution in [3.63, 3.8) is 0 Å². The molecule has 126 valence electrons. The lowest BCUT2D eigenvalue weighted by molar-refractivity contribution is -0.127. The van der Waals surface area contributed by atoms with Crippen LogP contribution in [0.5, 0.6) is 0 Å². The van der Waals surface area contributed by atoms with Crippen LogP contribution in [0, 0.1) is 18.6 Å². The first-order valence-electron chi connectivity index (χ1n) is 7.42. The minimum Gasteiger partial charge on any atom is -0.368 e. The molecule has 6 heteroatoms. The van der Waals surface area contributed by atoms with Gasteiger partial charge in [-0.15, -0.1) is 0 Å². The number of benzene rings is 2. The topological polar surface area (TPSA) is 72.2 Å². The van der Waals surface area contributed by atoms with Crippen molar-refractivity contribution >= 4 is 11.8 Å². The third kappa shape index (κ3) is 5.15. The van der Waals surface area contributed by atoms with Gasteiger partial charge in [-0.1, -0.05) is 29.8 Å². The normalized spacial score (nSPS) is 11.8. The highest BCUT2D eigenvalue weighted by Gasteiger charge is 2.19. The van der Waals surface area contributed by atoms with E-state index in [2.05, 4.69) is 5.32 Å². The summed E-state index contributed by atoms with van der Waals surface area (Å²) in [6.45, 7) is 1.92. The summed E-state index contributed by atoms with van der Waals surface area (Å²) in [5.41, 5.74) is 7.41. The zero-order chi connectivity index (χ0) is 17.7. The van der Waals surface area contributed by atoms with E-state index in [-0.39, 0.29) is 18.4 Å². The molecule has 0 radical (unpaired) electrons. The van der Waals surface area contributed by atoms with Gasteiger partial charge < -0.3 is 11.1 Å². The number of rotatable bonds is 6. The Balaban J connectivity index is 2.04. The second-order valence-electron chi connectivity index (χ2n) is 5.67. The Hall–Kier alpha value is -2.76. The number of hydrogen-bond acceptors (Lipinski definition) is 2. The SMILES string of the molecule is Cc1cccc(C[C@@H](NC(=O)Cc2cc(F)cc(F)c2)C(N)=O)c1. The highest BCUT2D eigenvalue weighted by molar-refractivity contribution is 5.87. The molecule has 2 amide bonds. The van der Waals surface area contributed by atoms with Crippen molar-refractivity contribution in [1.82, 2.24) is 5.32 Å². The van der Waals surface area contributed by atoms with Gasteiger partial charge in [0.1, 0.15) is 17.7 Å². The van der Waals surface area contributed by atoms with Crippen LogP contribution in [0.1, 0.15) is 16.7 Å². The van der Waals surface area contributed by atoms with E-state index in [1.807, 2.05) is 31.2 Å². The van der Waals surface area contributed by atoms with E-state index in [0.717, 1.165) is 29.3 Å². The van der Waals surface area contributed by atoms with Gasteiger partial charge in [0.05, 0.1) is 6.42 Å². The molecule has 0 unspecified atom stereocenters. The number of amides is 2. The first-order valence-corrected chi connectivity index (χ1v) is 7.42. The summed E-state index contributed by atoms with van der Waals surface area (Å²) in [4.78, 5) is 23.6. The van der Waals surface area contributed by atoms with Gasteiger partial charge in [0.25, 0.3) is 0 Å². The second-order valence-corrected chi connectivity index (χ2v) is 5.67. The molecule has 0 aliphatic carbocycles. The van der Waals surface area contributed by atoms with Crippen LogP contribution in [-0.4, -0.2) is 17.9 Å². The molecule has 0 aliphatic rings. The molecule has 2 aromatic rings. The number of hydrogen-bond donors (Lipinski definition) is 2. The van der Waals surface area contributed by atoms with E-state index in [4.69, 9.17) is 5.73 Å². The monoisotopic (exact) mass is 332 g/mol. The van der Waals surface area contributed by atoms with Crippen molar-refractivity contribution in [2.45, 2.75) is 25.8 Å². The maximum atomic E-state index is 13.1. The maximum Gasteiger partial charge on any atom is 0.240 e. The lowest BCUT2D eigenvalue weighted by Crippen LogP contribution is -2.46. The van der Waals surface area contributed by atoms with E-state index in [0.29, 0.717) is 0 Å².